The monoisotopic (exact) mass is 281 g/mol. The van der Waals surface area contributed by atoms with Crippen molar-refractivity contribution < 1.29 is 0 Å². The van der Waals surface area contributed by atoms with E-state index in [-0.39, 0.29) is 0 Å². The zero-order chi connectivity index (χ0) is 12.9. The van der Waals surface area contributed by atoms with Crippen LogP contribution in [-0.2, 0) is 0 Å². The summed E-state index contributed by atoms with van der Waals surface area (Å²) in [5.74, 6) is 1.63. The van der Waals surface area contributed by atoms with Gasteiger partial charge in [-0.1, -0.05) is 23.2 Å². The number of hydrogen-bond acceptors (Lipinski definition) is 2. The summed E-state index contributed by atoms with van der Waals surface area (Å²) in [6.07, 6.45) is 2.35. The third-order valence-electron chi connectivity index (χ3n) is 3.22. The van der Waals surface area contributed by atoms with E-state index >= 15 is 0 Å². The van der Waals surface area contributed by atoms with Gasteiger partial charge in [0.15, 0.2) is 0 Å². The second-order valence-corrected chi connectivity index (χ2v) is 5.46. The van der Waals surface area contributed by atoms with Crippen molar-refractivity contribution in [2.75, 3.05) is 5.73 Å². The summed E-state index contributed by atoms with van der Waals surface area (Å²) < 4.78 is 2.10. The normalized spacial score (nSPS) is 15.1. The molecule has 0 radical (unpaired) electrons. The van der Waals surface area contributed by atoms with Gasteiger partial charge in [-0.3, -0.25) is 0 Å². The molecule has 94 valence electrons. The largest absolute Gasteiger partial charge is 0.383 e. The molecule has 1 aromatic heterocycles. The Labute approximate surface area is 116 Å². The number of anilines is 1. The predicted molar refractivity (Wildman–Crippen MR) is 75.1 cm³/mol. The van der Waals surface area contributed by atoms with Gasteiger partial charge in [0.2, 0.25) is 0 Å². The summed E-state index contributed by atoms with van der Waals surface area (Å²) in [5.41, 5.74) is 7.78. The Balaban J connectivity index is 2.14. The number of nitrogens with zero attached hydrogens (tertiary/aromatic N) is 2. The number of hydrogen-bond donors (Lipinski definition) is 1. The highest BCUT2D eigenvalue weighted by molar-refractivity contribution is 6.36. The zero-order valence-electron chi connectivity index (χ0n) is 9.95. The minimum absolute atomic E-state index is 0.511. The van der Waals surface area contributed by atoms with Gasteiger partial charge in [-0.25, -0.2) is 4.98 Å². The molecule has 1 aliphatic carbocycles. The van der Waals surface area contributed by atoms with E-state index in [2.05, 4.69) is 9.55 Å². The minimum Gasteiger partial charge on any atom is -0.383 e. The standard InChI is InChI=1S/C13H13Cl2N3/c1-7-17-12(13(16)18(7)9-3-4-9)10-5-2-8(14)6-11(10)15/h2,5-6,9H,3-4,16H2,1H3. The van der Waals surface area contributed by atoms with E-state index in [1.54, 1.807) is 12.1 Å². The fraction of sp³-hybridized carbons (Fsp3) is 0.308. The summed E-state index contributed by atoms with van der Waals surface area (Å²) in [4.78, 5) is 4.54. The van der Waals surface area contributed by atoms with Crippen LogP contribution >= 0.6 is 23.2 Å². The van der Waals surface area contributed by atoms with E-state index in [4.69, 9.17) is 28.9 Å². The van der Waals surface area contributed by atoms with Crippen LogP contribution in [0.4, 0.5) is 5.82 Å². The van der Waals surface area contributed by atoms with E-state index in [9.17, 15) is 0 Å². The first-order valence-electron chi connectivity index (χ1n) is 5.87. The SMILES string of the molecule is Cc1nc(-c2ccc(Cl)cc2Cl)c(N)n1C1CC1. The Morgan fingerprint density at radius 1 is 1.33 bits per heavy atom. The molecule has 0 aliphatic heterocycles. The molecular weight excluding hydrogens is 269 g/mol. The number of imidazole rings is 1. The molecule has 3 rings (SSSR count). The summed E-state index contributed by atoms with van der Waals surface area (Å²) in [7, 11) is 0. The number of nitrogen functional groups attached to an aromatic ring is 1. The Kier molecular flexibility index (Phi) is 2.76. The topological polar surface area (TPSA) is 43.8 Å². The third kappa shape index (κ3) is 1.88. The van der Waals surface area contributed by atoms with Crippen molar-refractivity contribution >= 4 is 29.0 Å². The van der Waals surface area contributed by atoms with Crippen molar-refractivity contribution in [2.45, 2.75) is 25.8 Å². The maximum atomic E-state index is 6.20. The van der Waals surface area contributed by atoms with Gasteiger partial charge in [-0.15, -0.1) is 0 Å². The van der Waals surface area contributed by atoms with Crippen LogP contribution in [-0.4, -0.2) is 9.55 Å². The molecule has 3 nitrogen and oxygen atoms in total. The lowest BCUT2D eigenvalue weighted by atomic mass is 10.1. The Morgan fingerprint density at radius 2 is 2.06 bits per heavy atom. The van der Waals surface area contributed by atoms with Gasteiger partial charge in [-0.2, -0.15) is 0 Å². The Hall–Kier alpha value is -1.19. The van der Waals surface area contributed by atoms with Crippen molar-refractivity contribution in [1.29, 1.82) is 0 Å². The molecule has 2 N–H and O–H groups in total. The van der Waals surface area contributed by atoms with Crippen molar-refractivity contribution in [2.24, 2.45) is 0 Å². The molecular formula is C13H13Cl2N3. The molecule has 1 saturated carbocycles. The van der Waals surface area contributed by atoms with Gasteiger partial charge in [0.05, 0.1) is 5.02 Å². The first kappa shape index (κ1) is 11.9. The second kappa shape index (κ2) is 4.18. The number of rotatable bonds is 2. The van der Waals surface area contributed by atoms with Crippen LogP contribution in [0.2, 0.25) is 10.0 Å². The maximum absolute atomic E-state index is 6.20. The van der Waals surface area contributed by atoms with E-state index in [1.165, 1.54) is 12.8 Å². The average Bonchev–Trinajstić information content (AvgIpc) is 3.07. The van der Waals surface area contributed by atoms with Crippen LogP contribution in [0.1, 0.15) is 24.7 Å². The molecule has 18 heavy (non-hydrogen) atoms. The molecule has 0 amide bonds. The van der Waals surface area contributed by atoms with Crippen molar-refractivity contribution in [3.05, 3.63) is 34.1 Å². The molecule has 1 aliphatic rings. The first-order valence-corrected chi connectivity index (χ1v) is 6.63. The highest BCUT2D eigenvalue weighted by Crippen LogP contribution is 2.42. The van der Waals surface area contributed by atoms with Crippen molar-refractivity contribution in [3.8, 4) is 11.3 Å². The second-order valence-electron chi connectivity index (χ2n) is 4.62. The third-order valence-corrected chi connectivity index (χ3v) is 3.77. The first-order chi connectivity index (χ1) is 8.58. The molecule has 1 fully saturated rings. The Bertz CT molecular complexity index is 615. The van der Waals surface area contributed by atoms with Gasteiger partial charge in [0, 0.05) is 16.6 Å². The lowest BCUT2D eigenvalue weighted by Gasteiger charge is -2.06. The van der Waals surface area contributed by atoms with Gasteiger partial charge >= 0.3 is 0 Å². The van der Waals surface area contributed by atoms with Crippen LogP contribution in [0.3, 0.4) is 0 Å². The lowest BCUT2D eigenvalue weighted by molar-refractivity contribution is 0.720. The molecule has 5 heteroatoms. The lowest BCUT2D eigenvalue weighted by Crippen LogP contribution is -2.02. The molecule has 0 spiro atoms. The number of nitrogens with two attached hydrogens (primary N) is 1. The molecule has 0 bridgehead atoms. The highest BCUT2D eigenvalue weighted by atomic mass is 35.5. The van der Waals surface area contributed by atoms with E-state index in [0.717, 1.165) is 17.1 Å². The van der Waals surface area contributed by atoms with Crippen molar-refractivity contribution in [3.63, 3.8) is 0 Å². The average molecular weight is 282 g/mol. The smallest absolute Gasteiger partial charge is 0.132 e. The Morgan fingerprint density at radius 3 is 2.67 bits per heavy atom. The predicted octanol–water partition coefficient (Wildman–Crippen LogP) is 4.08. The molecule has 1 aromatic carbocycles. The summed E-state index contributed by atoms with van der Waals surface area (Å²) in [6, 6.07) is 5.88. The molecule has 0 unspecified atom stereocenters. The quantitative estimate of drug-likeness (QED) is 0.901. The molecule has 0 atom stereocenters. The van der Waals surface area contributed by atoms with E-state index < -0.39 is 0 Å². The van der Waals surface area contributed by atoms with Crippen LogP contribution in [0.5, 0.6) is 0 Å². The van der Waals surface area contributed by atoms with Crippen molar-refractivity contribution in [1.82, 2.24) is 9.55 Å². The number of halogens is 2. The van der Waals surface area contributed by atoms with E-state index in [0.29, 0.717) is 21.9 Å². The molecule has 1 heterocycles. The van der Waals surface area contributed by atoms with Gasteiger partial charge in [0.1, 0.15) is 17.3 Å². The fourth-order valence-corrected chi connectivity index (χ4v) is 2.73. The summed E-state index contributed by atoms with van der Waals surface area (Å²) in [5, 5.41) is 1.19. The van der Waals surface area contributed by atoms with Crippen LogP contribution in [0, 0.1) is 6.92 Å². The summed E-state index contributed by atoms with van der Waals surface area (Å²) >= 11 is 12.1. The van der Waals surface area contributed by atoms with Gasteiger partial charge in [-0.05, 0) is 38.0 Å². The summed E-state index contributed by atoms with van der Waals surface area (Å²) in [6.45, 7) is 1.97. The fourth-order valence-electron chi connectivity index (χ4n) is 2.23. The zero-order valence-corrected chi connectivity index (χ0v) is 11.5. The van der Waals surface area contributed by atoms with Gasteiger partial charge < -0.3 is 10.3 Å². The molecule has 2 aromatic rings. The van der Waals surface area contributed by atoms with Crippen LogP contribution in [0.15, 0.2) is 18.2 Å². The van der Waals surface area contributed by atoms with Crippen LogP contribution in [0.25, 0.3) is 11.3 Å². The van der Waals surface area contributed by atoms with E-state index in [1.807, 2.05) is 13.0 Å². The minimum atomic E-state index is 0.511. The maximum Gasteiger partial charge on any atom is 0.132 e. The van der Waals surface area contributed by atoms with Gasteiger partial charge in [0.25, 0.3) is 0 Å². The molecule has 0 saturated heterocycles. The number of aryl methyl sites for hydroxylation is 1. The number of aromatic nitrogens is 2. The van der Waals surface area contributed by atoms with Crippen LogP contribution < -0.4 is 5.73 Å². The highest BCUT2D eigenvalue weighted by Gasteiger charge is 2.29. The number of benzene rings is 1.